The molecule has 3 rings (SSSR count). The monoisotopic (exact) mass is 390 g/mol. The first-order chi connectivity index (χ1) is 13.0. The molecule has 2 heterocycles. The van der Waals surface area contributed by atoms with Crippen LogP contribution in [-0.2, 0) is 10.0 Å². The number of aliphatic hydroxyl groups excluding tert-OH is 1. The van der Waals surface area contributed by atoms with Crippen molar-refractivity contribution in [3.05, 3.63) is 35.4 Å². The Morgan fingerprint density at radius 2 is 1.89 bits per heavy atom. The van der Waals surface area contributed by atoms with Gasteiger partial charge in [-0.05, 0) is 43.5 Å². The van der Waals surface area contributed by atoms with Gasteiger partial charge < -0.3 is 5.11 Å². The van der Waals surface area contributed by atoms with Crippen molar-refractivity contribution in [3.63, 3.8) is 0 Å². The molecule has 1 N–H and O–H groups in total. The third-order valence-electron chi connectivity index (χ3n) is 5.70. The topological polar surface area (TPSA) is 60.9 Å². The van der Waals surface area contributed by atoms with E-state index in [4.69, 9.17) is 0 Å². The minimum absolute atomic E-state index is 0.0616. The number of hydrogen-bond donors (Lipinski definition) is 1. The Kier molecular flexibility index (Phi) is 6.59. The van der Waals surface area contributed by atoms with Crippen LogP contribution in [0.5, 0.6) is 0 Å². The average molecular weight is 391 g/mol. The van der Waals surface area contributed by atoms with Crippen molar-refractivity contribution < 1.29 is 13.5 Å². The molecule has 0 aromatic heterocycles. The molecule has 27 heavy (non-hydrogen) atoms. The van der Waals surface area contributed by atoms with E-state index in [1.807, 2.05) is 12.1 Å². The van der Waals surface area contributed by atoms with Gasteiger partial charge in [-0.3, -0.25) is 4.90 Å². The first kappa shape index (κ1) is 20.3. The maximum Gasteiger partial charge on any atom is 0.211 e. The zero-order chi connectivity index (χ0) is 19.4. The highest BCUT2D eigenvalue weighted by atomic mass is 32.2. The van der Waals surface area contributed by atoms with Gasteiger partial charge in [0.2, 0.25) is 10.0 Å². The maximum atomic E-state index is 12.1. The van der Waals surface area contributed by atoms with Crippen LogP contribution >= 0.6 is 0 Å². The largest absolute Gasteiger partial charge is 0.395 e. The number of unbranched alkanes of at least 4 members (excludes halogenated alkanes) is 1. The highest BCUT2D eigenvalue weighted by Gasteiger charge is 2.49. The Hall–Kier alpha value is -1.39. The molecule has 2 saturated heterocycles. The van der Waals surface area contributed by atoms with Crippen molar-refractivity contribution in [1.29, 1.82) is 0 Å². The fourth-order valence-corrected chi connectivity index (χ4v) is 5.17. The third kappa shape index (κ3) is 4.55. The van der Waals surface area contributed by atoms with Gasteiger partial charge in [0.05, 0.1) is 12.9 Å². The molecule has 148 valence electrons. The summed E-state index contributed by atoms with van der Waals surface area (Å²) in [4.78, 5) is 2.29. The molecule has 0 aliphatic carbocycles. The fraction of sp³-hybridized carbons (Fsp3) is 0.619. The van der Waals surface area contributed by atoms with Crippen LogP contribution in [0, 0.1) is 11.8 Å². The molecule has 0 spiro atoms. The van der Waals surface area contributed by atoms with Crippen molar-refractivity contribution in [3.8, 4) is 11.8 Å². The molecule has 1 aromatic carbocycles. The number of rotatable bonds is 4. The van der Waals surface area contributed by atoms with Crippen molar-refractivity contribution in [2.24, 2.45) is 0 Å². The molecule has 0 radical (unpaired) electrons. The Morgan fingerprint density at radius 3 is 2.52 bits per heavy atom. The molecule has 5 nitrogen and oxygen atoms in total. The zero-order valence-corrected chi connectivity index (χ0v) is 17.1. The number of aliphatic hydroxyl groups is 1. The molecule has 2 fully saturated rings. The number of nitrogens with zero attached hydrogens (tertiary/aromatic N) is 2. The lowest BCUT2D eigenvalue weighted by Gasteiger charge is -2.57. The summed E-state index contributed by atoms with van der Waals surface area (Å²) in [6.07, 6.45) is 5.07. The maximum absolute atomic E-state index is 12.1. The smallest absolute Gasteiger partial charge is 0.211 e. The van der Waals surface area contributed by atoms with Gasteiger partial charge in [0.15, 0.2) is 0 Å². The normalized spacial score (nSPS) is 26.9. The number of fused-ring (bicyclic) bond motifs is 1. The summed E-state index contributed by atoms with van der Waals surface area (Å²) >= 11 is 0. The Morgan fingerprint density at radius 1 is 1.19 bits per heavy atom. The molecule has 0 amide bonds. The molecule has 2 aliphatic heterocycles. The highest BCUT2D eigenvalue weighted by Crippen LogP contribution is 2.42. The Labute approximate surface area is 163 Å². The lowest BCUT2D eigenvalue weighted by Crippen LogP contribution is -2.67. The average Bonchev–Trinajstić information content (AvgIpc) is 2.61. The lowest BCUT2D eigenvalue weighted by atomic mass is 9.74. The van der Waals surface area contributed by atoms with E-state index in [1.165, 1.54) is 6.26 Å². The molecule has 0 saturated carbocycles. The molecule has 2 aliphatic rings. The number of hydrogen-bond acceptors (Lipinski definition) is 4. The van der Waals surface area contributed by atoms with Crippen LogP contribution in [0.15, 0.2) is 24.3 Å². The molecular formula is C21H30N2O3S. The summed E-state index contributed by atoms with van der Waals surface area (Å²) in [6, 6.07) is 8.42. The molecule has 0 bridgehead atoms. The van der Waals surface area contributed by atoms with Gasteiger partial charge in [-0.25, -0.2) is 12.7 Å². The van der Waals surface area contributed by atoms with Crippen LogP contribution in [0.25, 0.3) is 0 Å². The standard InChI is InChI=1S/C21H30N2O3S/c1-3-4-5-8-17-9-11-18(12-10-17)21-19-15-22(27(2,25)26)13-6-7-14-23(19)20(21)16-24/h9-12,19-21,24H,3-4,6-7,13-16H2,1-2H3/t19-,20-,21+/m0/s1. The number of benzene rings is 1. The summed E-state index contributed by atoms with van der Waals surface area (Å²) < 4.78 is 25.9. The second kappa shape index (κ2) is 8.74. The van der Waals surface area contributed by atoms with Crippen molar-refractivity contribution in [2.75, 3.05) is 32.5 Å². The lowest BCUT2D eigenvalue weighted by molar-refractivity contribution is -0.0553. The van der Waals surface area contributed by atoms with E-state index in [0.717, 1.165) is 43.4 Å². The summed E-state index contributed by atoms with van der Waals surface area (Å²) in [5, 5.41) is 9.95. The van der Waals surface area contributed by atoms with Crippen LogP contribution in [0.3, 0.4) is 0 Å². The van der Waals surface area contributed by atoms with Crippen LogP contribution in [0.2, 0.25) is 0 Å². The fourth-order valence-electron chi connectivity index (χ4n) is 4.29. The summed E-state index contributed by atoms with van der Waals surface area (Å²) in [7, 11) is -3.21. The first-order valence-corrected chi connectivity index (χ1v) is 11.7. The minimum Gasteiger partial charge on any atom is -0.395 e. The van der Waals surface area contributed by atoms with Gasteiger partial charge in [-0.15, -0.1) is 0 Å². The summed E-state index contributed by atoms with van der Waals surface area (Å²) in [5.41, 5.74) is 2.16. The number of sulfonamides is 1. The summed E-state index contributed by atoms with van der Waals surface area (Å²) in [6.45, 7) is 4.22. The van der Waals surface area contributed by atoms with Crippen LogP contribution < -0.4 is 0 Å². The third-order valence-corrected chi connectivity index (χ3v) is 6.97. The predicted molar refractivity (Wildman–Crippen MR) is 108 cm³/mol. The first-order valence-electron chi connectivity index (χ1n) is 9.86. The second-order valence-corrected chi connectivity index (χ2v) is 9.57. The van der Waals surface area contributed by atoms with Crippen molar-refractivity contribution in [2.45, 2.75) is 50.6 Å². The van der Waals surface area contributed by atoms with E-state index < -0.39 is 10.0 Å². The quantitative estimate of drug-likeness (QED) is 0.799. The van der Waals surface area contributed by atoms with Gasteiger partial charge in [0.25, 0.3) is 0 Å². The van der Waals surface area contributed by atoms with E-state index in [9.17, 15) is 13.5 Å². The van der Waals surface area contributed by atoms with Crippen LogP contribution in [0.1, 0.15) is 49.7 Å². The van der Waals surface area contributed by atoms with Crippen molar-refractivity contribution >= 4 is 10.0 Å². The van der Waals surface area contributed by atoms with Gasteiger partial charge in [0.1, 0.15) is 0 Å². The van der Waals surface area contributed by atoms with Gasteiger partial charge in [0, 0.05) is 43.1 Å². The van der Waals surface area contributed by atoms with E-state index in [1.54, 1.807) is 4.31 Å². The summed E-state index contributed by atoms with van der Waals surface area (Å²) in [5.74, 6) is 6.48. The van der Waals surface area contributed by atoms with E-state index >= 15 is 0 Å². The zero-order valence-electron chi connectivity index (χ0n) is 16.3. The van der Waals surface area contributed by atoms with Crippen LogP contribution in [0.4, 0.5) is 0 Å². The second-order valence-electron chi connectivity index (χ2n) is 7.58. The molecule has 1 aromatic rings. The molecule has 6 heteroatoms. The van der Waals surface area contributed by atoms with E-state index in [0.29, 0.717) is 13.1 Å². The van der Waals surface area contributed by atoms with Gasteiger partial charge in [-0.1, -0.05) is 30.9 Å². The SMILES string of the molecule is CCCC#Cc1ccc([C@H]2[C@H](CO)N3CCCCN(S(C)(=O)=O)C[C@@H]23)cc1. The van der Waals surface area contributed by atoms with Crippen LogP contribution in [-0.4, -0.2) is 67.3 Å². The van der Waals surface area contributed by atoms with E-state index in [-0.39, 0.29) is 24.6 Å². The highest BCUT2D eigenvalue weighted by molar-refractivity contribution is 7.88. The van der Waals surface area contributed by atoms with Gasteiger partial charge >= 0.3 is 0 Å². The molecular weight excluding hydrogens is 360 g/mol. The predicted octanol–water partition coefficient (Wildman–Crippen LogP) is 2.02. The Balaban J connectivity index is 1.82. The molecule has 3 atom stereocenters. The minimum atomic E-state index is -3.21. The molecule has 0 unspecified atom stereocenters. The van der Waals surface area contributed by atoms with E-state index in [2.05, 4.69) is 35.8 Å². The van der Waals surface area contributed by atoms with Gasteiger partial charge in [-0.2, -0.15) is 0 Å². The Bertz CT molecular complexity index is 795. The van der Waals surface area contributed by atoms with Crippen molar-refractivity contribution in [1.82, 2.24) is 9.21 Å².